The van der Waals surface area contributed by atoms with Crippen LogP contribution in [0.2, 0.25) is 0 Å². The largest absolute Gasteiger partial charge is 0.385 e. The first-order valence-corrected chi connectivity index (χ1v) is 9.71. The van der Waals surface area contributed by atoms with E-state index >= 15 is 0 Å². The molecule has 0 bridgehead atoms. The predicted octanol–water partition coefficient (Wildman–Crippen LogP) is 3.59. The van der Waals surface area contributed by atoms with Gasteiger partial charge in [-0.2, -0.15) is 0 Å². The molecule has 1 N–H and O–H groups in total. The molecule has 1 aromatic heterocycles. The van der Waals surface area contributed by atoms with E-state index in [1.807, 2.05) is 4.57 Å². The van der Waals surface area contributed by atoms with Crippen molar-refractivity contribution in [2.45, 2.75) is 44.4 Å². The molecule has 1 aliphatic carbocycles. The van der Waals surface area contributed by atoms with Crippen LogP contribution in [-0.2, 0) is 4.74 Å². The normalized spacial score (nSPS) is 14.8. The van der Waals surface area contributed by atoms with E-state index in [0.717, 1.165) is 31.5 Å². The van der Waals surface area contributed by atoms with Crippen molar-refractivity contribution in [1.82, 2.24) is 14.9 Å². The zero-order chi connectivity index (χ0) is 19.9. The topological polar surface area (TPSA) is 99.3 Å². The number of nitro groups is 1. The van der Waals surface area contributed by atoms with E-state index < -0.39 is 4.92 Å². The molecule has 8 nitrogen and oxygen atoms in total. The summed E-state index contributed by atoms with van der Waals surface area (Å²) in [6.07, 6.45) is 9.80. The first-order chi connectivity index (χ1) is 13.6. The van der Waals surface area contributed by atoms with Crippen molar-refractivity contribution in [2.75, 3.05) is 20.3 Å². The number of hydrogen-bond donors (Lipinski definition) is 1. The van der Waals surface area contributed by atoms with Crippen LogP contribution in [0, 0.1) is 10.1 Å². The van der Waals surface area contributed by atoms with Gasteiger partial charge in [-0.1, -0.05) is 19.3 Å². The van der Waals surface area contributed by atoms with Crippen LogP contribution in [0.1, 0.15) is 60.6 Å². The number of nitrogens with one attached hydrogen (secondary N) is 1. The van der Waals surface area contributed by atoms with Gasteiger partial charge in [0.2, 0.25) is 0 Å². The molecule has 1 aliphatic rings. The molecule has 0 atom stereocenters. The number of amides is 1. The second-order valence-corrected chi connectivity index (χ2v) is 7.05. The maximum absolute atomic E-state index is 12.7. The lowest BCUT2D eigenvalue weighted by molar-refractivity contribution is -0.384. The van der Waals surface area contributed by atoms with Gasteiger partial charge in [0, 0.05) is 50.7 Å². The standard InChI is InChI=1S/C20H26N4O4/c1-28-13-5-10-22-20(25)17-9-8-16(24(26)27)14-18(17)23-12-11-21-19(23)15-6-3-2-4-7-15/h8-9,11-12,14-15H,2-7,10,13H2,1H3,(H,22,25). The van der Waals surface area contributed by atoms with E-state index in [-0.39, 0.29) is 11.6 Å². The monoisotopic (exact) mass is 386 g/mol. The van der Waals surface area contributed by atoms with Crippen molar-refractivity contribution in [3.05, 3.63) is 52.1 Å². The smallest absolute Gasteiger partial charge is 0.271 e. The minimum absolute atomic E-state index is 0.0470. The minimum atomic E-state index is -0.443. The fraction of sp³-hybridized carbons (Fsp3) is 0.500. The quantitative estimate of drug-likeness (QED) is 0.424. The molecule has 8 heteroatoms. The Labute approximate surface area is 164 Å². The molecular formula is C20H26N4O4. The molecule has 28 heavy (non-hydrogen) atoms. The molecule has 1 aromatic carbocycles. The Kier molecular flexibility index (Phi) is 6.76. The summed E-state index contributed by atoms with van der Waals surface area (Å²) >= 11 is 0. The van der Waals surface area contributed by atoms with Crippen molar-refractivity contribution >= 4 is 11.6 Å². The Morgan fingerprint density at radius 1 is 1.36 bits per heavy atom. The molecule has 0 spiro atoms. The van der Waals surface area contributed by atoms with Gasteiger partial charge in [-0.05, 0) is 25.3 Å². The van der Waals surface area contributed by atoms with Gasteiger partial charge < -0.3 is 14.6 Å². The number of non-ortho nitro benzene ring substituents is 1. The summed E-state index contributed by atoms with van der Waals surface area (Å²) in [5, 5.41) is 14.2. The van der Waals surface area contributed by atoms with Crippen LogP contribution < -0.4 is 5.32 Å². The third kappa shape index (κ3) is 4.56. The summed E-state index contributed by atoms with van der Waals surface area (Å²) in [6, 6.07) is 4.34. The fourth-order valence-corrected chi connectivity index (χ4v) is 3.72. The molecule has 1 saturated carbocycles. The second-order valence-electron chi connectivity index (χ2n) is 7.05. The molecule has 1 heterocycles. The number of benzene rings is 1. The SMILES string of the molecule is COCCCNC(=O)c1ccc([N+](=O)[O-])cc1-n1ccnc1C1CCCCC1. The summed E-state index contributed by atoms with van der Waals surface area (Å²) in [4.78, 5) is 28.1. The number of aromatic nitrogens is 2. The van der Waals surface area contributed by atoms with E-state index in [4.69, 9.17) is 4.74 Å². The fourth-order valence-electron chi connectivity index (χ4n) is 3.72. The molecular weight excluding hydrogens is 360 g/mol. The van der Waals surface area contributed by atoms with Gasteiger partial charge >= 0.3 is 0 Å². The van der Waals surface area contributed by atoms with Crippen molar-refractivity contribution in [3.63, 3.8) is 0 Å². The number of carbonyl (C=O) groups is 1. The van der Waals surface area contributed by atoms with E-state index in [9.17, 15) is 14.9 Å². The summed E-state index contributed by atoms with van der Waals surface area (Å²) < 4.78 is 6.84. The van der Waals surface area contributed by atoms with Crippen LogP contribution >= 0.6 is 0 Å². The lowest BCUT2D eigenvalue weighted by atomic mass is 9.88. The average molecular weight is 386 g/mol. The molecule has 3 rings (SSSR count). The highest BCUT2D eigenvalue weighted by atomic mass is 16.6. The van der Waals surface area contributed by atoms with Gasteiger partial charge in [0.15, 0.2) is 0 Å². The van der Waals surface area contributed by atoms with Gasteiger partial charge in [-0.15, -0.1) is 0 Å². The van der Waals surface area contributed by atoms with Gasteiger partial charge in [-0.25, -0.2) is 4.98 Å². The Morgan fingerprint density at radius 3 is 2.86 bits per heavy atom. The van der Waals surface area contributed by atoms with Crippen LogP contribution in [0.15, 0.2) is 30.6 Å². The third-order valence-corrected chi connectivity index (χ3v) is 5.15. The van der Waals surface area contributed by atoms with Crippen LogP contribution in [0.4, 0.5) is 5.69 Å². The Morgan fingerprint density at radius 2 is 2.14 bits per heavy atom. The van der Waals surface area contributed by atoms with Crippen LogP contribution in [0.25, 0.3) is 5.69 Å². The zero-order valence-corrected chi connectivity index (χ0v) is 16.1. The predicted molar refractivity (Wildman–Crippen MR) is 105 cm³/mol. The number of hydrogen-bond acceptors (Lipinski definition) is 5. The van der Waals surface area contributed by atoms with Crippen molar-refractivity contribution in [2.24, 2.45) is 0 Å². The number of ether oxygens (including phenoxy) is 1. The van der Waals surface area contributed by atoms with Crippen molar-refractivity contribution < 1.29 is 14.5 Å². The Balaban J connectivity index is 1.94. The number of carbonyl (C=O) groups excluding carboxylic acids is 1. The van der Waals surface area contributed by atoms with Crippen LogP contribution in [0.5, 0.6) is 0 Å². The Bertz CT molecular complexity index is 827. The summed E-state index contributed by atoms with van der Waals surface area (Å²) in [6.45, 7) is 1.03. The number of imidazole rings is 1. The number of nitro benzene ring substituents is 1. The molecule has 0 unspecified atom stereocenters. The van der Waals surface area contributed by atoms with E-state index in [1.165, 1.54) is 24.6 Å². The average Bonchev–Trinajstić information content (AvgIpc) is 3.21. The van der Waals surface area contributed by atoms with Gasteiger partial charge in [-0.3, -0.25) is 14.9 Å². The van der Waals surface area contributed by atoms with Gasteiger partial charge in [0.25, 0.3) is 11.6 Å². The highest BCUT2D eigenvalue weighted by Crippen LogP contribution is 2.34. The summed E-state index contributed by atoms with van der Waals surface area (Å²) in [5.74, 6) is 0.915. The third-order valence-electron chi connectivity index (χ3n) is 5.15. The van der Waals surface area contributed by atoms with Crippen LogP contribution in [-0.4, -0.2) is 40.6 Å². The van der Waals surface area contributed by atoms with E-state index in [1.54, 1.807) is 19.5 Å². The highest BCUT2D eigenvalue weighted by molar-refractivity contribution is 5.98. The first kappa shape index (κ1) is 20.0. The number of rotatable bonds is 8. The number of methoxy groups -OCH3 is 1. The second kappa shape index (κ2) is 9.45. The van der Waals surface area contributed by atoms with E-state index in [2.05, 4.69) is 10.3 Å². The van der Waals surface area contributed by atoms with Gasteiger partial charge in [0.1, 0.15) is 5.82 Å². The molecule has 0 aliphatic heterocycles. The maximum atomic E-state index is 12.7. The van der Waals surface area contributed by atoms with Gasteiger partial charge in [0.05, 0.1) is 16.2 Å². The lowest BCUT2D eigenvalue weighted by Crippen LogP contribution is -2.26. The highest BCUT2D eigenvalue weighted by Gasteiger charge is 2.24. The summed E-state index contributed by atoms with van der Waals surface area (Å²) in [5.41, 5.74) is 0.851. The lowest BCUT2D eigenvalue weighted by Gasteiger charge is -2.23. The van der Waals surface area contributed by atoms with E-state index in [0.29, 0.717) is 36.7 Å². The molecule has 0 saturated heterocycles. The molecule has 150 valence electrons. The first-order valence-electron chi connectivity index (χ1n) is 9.71. The van der Waals surface area contributed by atoms with Crippen LogP contribution in [0.3, 0.4) is 0 Å². The zero-order valence-electron chi connectivity index (χ0n) is 16.1. The molecule has 0 radical (unpaired) electrons. The summed E-state index contributed by atoms with van der Waals surface area (Å²) in [7, 11) is 1.61. The van der Waals surface area contributed by atoms with Crippen molar-refractivity contribution in [3.8, 4) is 5.69 Å². The van der Waals surface area contributed by atoms with Crippen molar-refractivity contribution in [1.29, 1.82) is 0 Å². The molecule has 1 amide bonds. The number of nitrogens with zero attached hydrogens (tertiary/aromatic N) is 3. The molecule has 1 fully saturated rings. The maximum Gasteiger partial charge on any atom is 0.271 e. The molecule has 2 aromatic rings. The Hall–Kier alpha value is -2.74. The minimum Gasteiger partial charge on any atom is -0.385 e.